The first-order chi connectivity index (χ1) is 63.1. The summed E-state index contributed by atoms with van der Waals surface area (Å²) in [6.07, 6.45) is -5.85. The number of allylic oxidation sites excluding steroid dienone is 2. The van der Waals surface area contributed by atoms with E-state index in [1.807, 2.05) is 76.5 Å². The van der Waals surface area contributed by atoms with Crippen LogP contribution in [0.4, 0.5) is 39.5 Å². The van der Waals surface area contributed by atoms with Crippen LogP contribution in [-0.4, -0.2) is 165 Å². The fourth-order valence-electron chi connectivity index (χ4n) is 15.8. The molecular weight excluding hydrogens is 1760 g/mol. The maximum absolute atomic E-state index is 14.0. The minimum atomic E-state index is -5.08. The Hall–Kier alpha value is -14.1. The number of hydrogen-bond acceptors (Lipinski definition) is 23. The Morgan fingerprint density at radius 1 is 0.455 bits per heavy atom. The maximum atomic E-state index is 14.0. The van der Waals surface area contributed by atoms with Gasteiger partial charge in [-0.05, 0) is 106 Å². The number of nitrogens with zero attached hydrogens (tertiary/aromatic N) is 14. The lowest BCUT2D eigenvalue weighted by Crippen LogP contribution is -2.41. The third-order valence-corrected chi connectivity index (χ3v) is 22.9. The molecule has 10 aromatic heterocycles. The van der Waals surface area contributed by atoms with E-state index in [-0.39, 0.29) is 91.5 Å². The minimum absolute atomic E-state index is 0.0291. The van der Waals surface area contributed by atoms with Gasteiger partial charge in [0.05, 0.1) is 47.9 Å². The van der Waals surface area contributed by atoms with Crippen molar-refractivity contribution in [3.05, 3.63) is 276 Å². The van der Waals surface area contributed by atoms with Crippen LogP contribution in [0.1, 0.15) is 174 Å². The van der Waals surface area contributed by atoms with Crippen LogP contribution in [0.5, 0.6) is 0 Å². The quantitative estimate of drug-likeness (QED) is 0.0435. The van der Waals surface area contributed by atoms with Crippen molar-refractivity contribution in [2.45, 2.75) is 146 Å². The third kappa shape index (κ3) is 19.0. The number of alkyl halides is 9. The van der Waals surface area contributed by atoms with E-state index in [1.165, 1.54) is 102 Å². The highest BCUT2D eigenvalue weighted by molar-refractivity contribution is 6.00. The molecule has 0 radical (unpaired) electrons. The number of aromatic amines is 2. The number of H-pyrrole nitrogens is 2. The molecule has 11 heterocycles. The standard InChI is InChI=1S/C25H22F3N3O3.2C24H22F3N5O3.C23H25N3O4/c1-14(2)21-29-30-22(34-21)19-15(3)12-18-20(19)16(13-31(4)23(18)32)10-11-24(33,25(26,27)28)17-8-6-5-7-9-17;2*1-14-18(21-30-29-17(35-21)13-31(2)3)19-15(12-32(4)22(33)20(19)28-14)10-11-23(34,24(25,26)27)16-8-6-5-7-9-16;1-13-10-17-19(18(13)21-25-24-20(30-21)15-7-9-29-12-15)14(11-26(3)22(17)27)6-8-23(2,28)16-4-5-16/h5-9,13-14,33H,12H2,1-4H3;2*5-9,12,28,34H,13H2,1-4H3;11,15-16,28H,4-5,7,9-10,12H2,1-3H3. The lowest BCUT2D eigenvalue weighted by molar-refractivity contribution is -0.241. The number of benzene rings is 3. The Labute approximate surface area is 759 Å². The van der Waals surface area contributed by atoms with E-state index in [0.717, 1.165) is 77.9 Å². The van der Waals surface area contributed by atoms with E-state index in [1.54, 1.807) is 51.6 Å². The normalized spacial score (nSPS) is 16.0. The van der Waals surface area contributed by atoms with Gasteiger partial charge >= 0.3 is 18.5 Å². The number of hydrogen-bond donors (Lipinski definition) is 6. The van der Waals surface area contributed by atoms with Gasteiger partial charge in [-0.3, -0.25) is 19.2 Å². The van der Waals surface area contributed by atoms with E-state index < -0.39 is 68.7 Å². The molecule has 2 fully saturated rings. The summed E-state index contributed by atoms with van der Waals surface area (Å²) in [7, 11) is 13.4. The maximum Gasteiger partial charge on any atom is 0.433 e. The van der Waals surface area contributed by atoms with Crippen LogP contribution in [0.3, 0.4) is 0 Å². The Morgan fingerprint density at radius 3 is 1.17 bits per heavy atom. The Bertz CT molecular complexity index is 7080. The van der Waals surface area contributed by atoms with Gasteiger partial charge in [-0.2, -0.15) is 39.5 Å². The van der Waals surface area contributed by atoms with Gasteiger partial charge in [0.2, 0.25) is 63.9 Å². The average Bonchev–Trinajstić information content (AvgIpc) is 1.59. The molecule has 4 aliphatic rings. The van der Waals surface area contributed by atoms with Crippen LogP contribution in [0.25, 0.3) is 55.9 Å². The van der Waals surface area contributed by atoms with Crippen molar-refractivity contribution in [1.29, 1.82) is 0 Å². The molecule has 696 valence electrons. The fourth-order valence-corrected chi connectivity index (χ4v) is 15.8. The van der Waals surface area contributed by atoms with Crippen LogP contribution < -0.4 is 22.2 Å². The molecule has 0 bridgehead atoms. The average molecular weight is 1850 g/mol. The van der Waals surface area contributed by atoms with Gasteiger partial charge in [-0.15, -0.1) is 40.8 Å². The zero-order chi connectivity index (χ0) is 97.0. The molecule has 0 spiro atoms. The van der Waals surface area contributed by atoms with E-state index in [2.05, 4.69) is 80.4 Å². The number of halogens is 9. The number of nitrogens with one attached hydrogen (secondary N) is 2. The lowest BCUT2D eigenvalue weighted by Gasteiger charge is -2.25. The van der Waals surface area contributed by atoms with Crippen molar-refractivity contribution in [3.63, 3.8) is 0 Å². The summed E-state index contributed by atoms with van der Waals surface area (Å²) in [5.41, 5.74) is -5.55. The molecule has 6 N–H and O–H groups in total. The first kappa shape index (κ1) is 96.0. The van der Waals surface area contributed by atoms with E-state index >= 15 is 0 Å². The van der Waals surface area contributed by atoms with E-state index in [4.69, 9.17) is 22.4 Å². The first-order valence-electron chi connectivity index (χ1n) is 42.0. The molecule has 5 unspecified atom stereocenters. The molecule has 29 nitrogen and oxygen atoms in total. The molecule has 38 heteroatoms. The van der Waals surface area contributed by atoms with Crippen molar-refractivity contribution >= 4 is 33.0 Å². The smallest absolute Gasteiger partial charge is 0.420 e. The zero-order valence-corrected chi connectivity index (χ0v) is 75.2. The predicted octanol–water partition coefficient (Wildman–Crippen LogP) is 12.4. The second kappa shape index (κ2) is 37.2. The first-order valence-corrected chi connectivity index (χ1v) is 42.0. The molecule has 1 aliphatic heterocycles. The monoisotopic (exact) mass is 1850 g/mol. The highest BCUT2D eigenvalue weighted by Gasteiger charge is 2.57. The number of aliphatic hydroxyl groups is 4. The molecule has 1 saturated carbocycles. The molecule has 3 aromatic carbocycles. The summed E-state index contributed by atoms with van der Waals surface area (Å²) in [6, 6.07) is 19.8. The number of pyridine rings is 4. The number of rotatable bonds is 14. The largest absolute Gasteiger partial charge is 0.433 e. The number of fused-ring (bicyclic) bond motifs is 4. The Kier molecular flexibility index (Phi) is 26.6. The van der Waals surface area contributed by atoms with Gasteiger partial charge < -0.3 is 80.9 Å². The van der Waals surface area contributed by atoms with Crippen LogP contribution in [0.15, 0.2) is 164 Å². The molecule has 17 rings (SSSR count). The van der Waals surface area contributed by atoms with Crippen LogP contribution in [0, 0.1) is 67.1 Å². The highest BCUT2D eigenvalue weighted by atomic mass is 19.4. The van der Waals surface area contributed by atoms with Gasteiger partial charge in [0.1, 0.15) is 16.6 Å². The SMILES string of the molecule is CC1=C(c2nnc(C(C)C)o2)c2c(C#CC(O)(c3ccccc3)C(F)(F)F)cn(C)c(=O)c2C1.CC1=C(c2nnc(C3CCOC3)o2)c2c(C#CC(C)(O)C3CC3)cn(C)c(=O)c2C1.Cc1[nH]c2c(=O)n(C)cc(C#CC(O)(c3ccccc3)C(F)(F)F)c2c1-c1nnc(CN(C)C)o1.Cc1[nH]c2c(=O)n(C)cc(C#CC(O)(c3ccccc3)C(F)(F)F)c2c1-c1nnc(CN(C)C)o1. The summed E-state index contributed by atoms with van der Waals surface area (Å²) in [5.74, 6) is 22.4. The summed E-state index contributed by atoms with van der Waals surface area (Å²) in [6.45, 7) is 14.7. The third-order valence-electron chi connectivity index (χ3n) is 22.9. The second-order valence-corrected chi connectivity index (χ2v) is 34.2. The van der Waals surface area contributed by atoms with Crippen LogP contribution >= 0.6 is 0 Å². The molecule has 134 heavy (non-hydrogen) atoms. The molecule has 1 saturated heterocycles. The molecule has 5 atom stereocenters. The number of ether oxygens (including phenoxy) is 1. The van der Waals surface area contributed by atoms with Crippen LogP contribution in [0.2, 0.25) is 0 Å². The number of aryl methyl sites for hydroxylation is 6. The summed E-state index contributed by atoms with van der Waals surface area (Å²) in [4.78, 5) is 60.8. The zero-order valence-electron chi connectivity index (χ0n) is 75.2. The summed E-state index contributed by atoms with van der Waals surface area (Å²) in [5, 5.41) is 75.8. The molecule has 13 aromatic rings. The van der Waals surface area contributed by atoms with Gasteiger partial charge in [-0.1, -0.05) is 146 Å². The minimum Gasteiger partial charge on any atom is -0.420 e. The summed E-state index contributed by atoms with van der Waals surface area (Å²) >= 11 is 0. The number of aromatic nitrogens is 14. The van der Waals surface area contributed by atoms with Crippen molar-refractivity contribution in [1.82, 2.24) is 78.8 Å². The van der Waals surface area contributed by atoms with E-state index in [9.17, 15) is 79.1 Å². The van der Waals surface area contributed by atoms with Crippen LogP contribution in [-0.2, 0) is 75.7 Å². The molecule has 0 amide bonds. The second-order valence-electron chi connectivity index (χ2n) is 34.2. The Balaban J connectivity index is 0.000000144. The van der Waals surface area contributed by atoms with Crippen molar-refractivity contribution in [2.24, 2.45) is 34.1 Å². The van der Waals surface area contributed by atoms with Crippen molar-refractivity contribution in [2.75, 3.05) is 41.4 Å². The summed E-state index contributed by atoms with van der Waals surface area (Å²) < 4.78 is 160. The Morgan fingerprint density at radius 2 is 0.813 bits per heavy atom. The lowest BCUT2D eigenvalue weighted by atomic mass is 9.92. The fraction of sp³-hybridized carbons (Fsp3) is 0.354. The van der Waals surface area contributed by atoms with Gasteiger partial charge in [0.15, 0.2) is 0 Å². The van der Waals surface area contributed by atoms with Gasteiger partial charge in [-0.25, -0.2) is 0 Å². The topological polar surface area (TPSA) is 372 Å². The molecule has 3 aliphatic carbocycles. The van der Waals surface area contributed by atoms with Crippen molar-refractivity contribution < 1.29 is 82.3 Å². The molecular formula is C96H91F9N16O13. The van der Waals surface area contributed by atoms with Gasteiger partial charge in [0, 0.05) is 162 Å². The highest BCUT2D eigenvalue weighted by Crippen LogP contribution is 2.46. The predicted molar refractivity (Wildman–Crippen MR) is 473 cm³/mol. The van der Waals surface area contributed by atoms with E-state index in [0.29, 0.717) is 113 Å². The van der Waals surface area contributed by atoms with Crippen molar-refractivity contribution in [3.8, 4) is 70.3 Å². The van der Waals surface area contributed by atoms with Gasteiger partial charge in [0.25, 0.3) is 22.2 Å².